The molecule has 1 saturated heterocycles. The number of pyridine rings is 2. The third-order valence-corrected chi connectivity index (χ3v) is 4.50. The number of nitrogens with zero attached hydrogens (tertiary/aromatic N) is 3. The molecule has 0 amide bonds. The summed E-state index contributed by atoms with van der Waals surface area (Å²) in [7, 11) is 0. The molecule has 1 aliphatic heterocycles. The minimum atomic E-state index is -0.459. The zero-order valence-electron chi connectivity index (χ0n) is 13.2. The van der Waals surface area contributed by atoms with Crippen molar-refractivity contribution in [2.24, 2.45) is 5.92 Å². The van der Waals surface area contributed by atoms with Crippen LogP contribution in [0.4, 0.5) is 0 Å². The molecule has 23 heavy (non-hydrogen) atoms. The van der Waals surface area contributed by atoms with Gasteiger partial charge in [0.05, 0.1) is 10.9 Å². The van der Waals surface area contributed by atoms with Crippen molar-refractivity contribution in [3.8, 4) is 6.07 Å². The molecular weight excluding hydrogens is 292 g/mol. The van der Waals surface area contributed by atoms with Crippen LogP contribution in [0.3, 0.4) is 0 Å². The Morgan fingerprint density at radius 2 is 2.22 bits per heavy atom. The largest absolute Gasteiger partial charge is 0.321 e. The van der Waals surface area contributed by atoms with Crippen molar-refractivity contribution in [2.75, 3.05) is 19.6 Å². The number of hydrogen-bond donors (Lipinski definition) is 1. The van der Waals surface area contributed by atoms with Crippen LogP contribution < -0.4 is 11.1 Å². The summed E-state index contributed by atoms with van der Waals surface area (Å²) in [6.07, 6.45) is 4.19. The van der Waals surface area contributed by atoms with E-state index in [1.165, 1.54) is 18.9 Å². The number of piperidine rings is 1. The minimum Gasteiger partial charge on any atom is -0.321 e. The standard InChI is InChI=1S/C17H20N4O2/c1-12-3-2-5-20(11-12)7-8-21-6-4-15-14(17(21)23)9-13(10-18)16(22)19-15/h4,6,9,12H,2-3,5,7-8,11H2,1H3,(H,19,22). The molecule has 0 spiro atoms. The third kappa shape index (κ3) is 3.20. The average molecular weight is 312 g/mol. The molecule has 1 aliphatic rings. The van der Waals surface area contributed by atoms with Gasteiger partial charge in [-0.1, -0.05) is 6.92 Å². The Hall–Kier alpha value is -2.39. The van der Waals surface area contributed by atoms with E-state index in [-0.39, 0.29) is 11.1 Å². The van der Waals surface area contributed by atoms with Crippen molar-refractivity contribution in [1.82, 2.24) is 14.5 Å². The van der Waals surface area contributed by atoms with Gasteiger partial charge in [0, 0.05) is 25.8 Å². The van der Waals surface area contributed by atoms with Gasteiger partial charge in [-0.15, -0.1) is 0 Å². The molecule has 1 N–H and O–H groups in total. The number of fused-ring (bicyclic) bond motifs is 1. The molecule has 1 atom stereocenters. The van der Waals surface area contributed by atoms with Crippen LogP contribution >= 0.6 is 0 Å². The van der Waals surface area contributed by atoms with Gasteiger partial charge < -0.3 is 14.5 Å². The van der Waals surface area contributed by atoms with E-state index in [0.29, 0.717) is 23.4 Å². The second-order valence-electron chi connectivity index (χ2n) is 6.31. The summed E-state index contributed by atoms with van der Waals surface area (Å²) in [5, 5.41) is 9.34. The lowest BCUT2D eigenvalue weighted by atomic mass is 10.0. The Kier molecular flexibility index (Phi) is 4.30. The van der Waals surface area contributed by atoms with Crippen LogP contribution in [0.5, 0.6) is 0 Å². The van der Waals surface area contributed by atoms with Gasteiger partial charge in [0.1, 0.15) is 11.6 Å². The molecule has 1 fully saturated rings. The summed E-state index contributed by atoms with van der Waals surface area (Å²) < 4.78 is 1.65. The molecule has 6 heteroatoms. The molecule has 120 valence electrons. The van der Waals surface area contributed by atoms with Gasteiger partial charge in [0.2, 0.25) is 0 Å². The highest BCUT2D eigenvalue weighted by Crippen LogP contribution is 2.15. The Morgan fingerprint density at radius 3 is 2.96 bits per heavy atom. The molecule has 2 aromatic heterocycles. The summed E-state index contributed by atoms with van der Waals surface area (Å²) in [5.74, 6) is 0.709. The van der Waals surface area contributed by atoms with Crippen LogP contribution in [0.15, 0.2) is 27.9 Å². The van der Waals surface area contributed by atoms with Gasteiger partial charge in [-0.25, -0.2) is 0 Å². The fourth-order valence-electron chi connectivity index (χ4n) is 3.24. The number of aromatic amines is 1. The van der Waals surface area contributed by atoms with Gasteiger partial charge in [0.15, 0.2) is 0 Å². The summed E-state index contributed by atoms with van der Waals surface area (Å²) >= 11 is 0. The van der Waals surface area contributed by atoms with Crippen LogP contribution in [0.25, 0.3) is 10.9 Å². The minimum absolute atomic E-state index is 0.0304. The number of aromatic nitrogens is 2. The Labute approximate surface area is 134 Å². The second-order valence-corrected chi connectivity index (χ2v) is 6.31. The highest BCUT2D eigenvalue weighted by Gasteiger charge is 2.16. The van der Waals surface area contributed by atoms with E-state index in [4.69, 9.17) is 5.26 Å². The van der Waals surface area contributed by atoms with Crippen molar-refractivity contribution in [3.63, 3.8) is 0 Å². The first-order valence-corrected chi connectivity index (χ1v) is 7.97. The Bertz CT molecular complexity index is 875. The van der Waals surface area contributed by atoms with E-state index in [2.05, 4.69) is 16.8 Å². The van der Waals surface area contributed by atoms with Gasteiger partial charge in [-0.2, -0.15) is 5.26 Å². The first kappa shape index (κ1) is 15.5. The molecule has 0 aromatic carbocycles. The highest BCUT2D eigenvalue weighted by molar-refractivity contribution is 5.78. The lowest BCUT2D eigenvalue weighted by Crippen LogP contribution is -2.37. The second kappa shape index (κ2) is 6.39. The van der Waals surface area contributed by atoms with Crippen molar-refractivity contribution < 1.29 is 0 Å². The summed E-state index contributed by atoms with van der Waals surface area (Å²) in [5.41, 5.74) is -0.182. The van der Waals surface area contributed by atoms with Crippen molar-refractivity contribution in [1.29, 1.82) is 5.26 Å². The maximum atomic E-state index is 12.6. The Balaban J connectivity index is 1.86. The maximum absolute atomic E-state index is 12.6. The number of nitriles is 1. The predicted molar refractivity (Wildman–Crippen MR) is 88.4 cm³/mol. The fraction of sp³-hybridized carbons (Fsp3) is 0.471. The first-order valence-electron chi connectivity index (χ1n) is 7.97. The summed E-state index contributed by atoms with van der Waals surface area (Å²) in [4.78, 5) is 29.2. The molecule has 3 rings (SSSR count). The van der Waals surface area contributed by atoms with Gasteiger partial charge in [-0.05, 0) is 37.4 Å². The van der Waals surface area contributed by atoms with E-state index < -0.39 is 5.56 Å². The monoisotopic (exact) mass is 312 g/mol. The summed E-state index contributed by atoms with van der Waals surface area (Å²) in [6.45, 7) is 5.87. The average Bonchev–Trinajstić information content (AvgIpc) is 2.54. The zero-order valence-corrected chi connectivity index (χ0v) is 13.2. The van der Waals surface area contributed by atoms with Gasteiger partial charge in [0.25, 0.3) is 11.1 Å². The van der Waals surface area contributed by atoms with Crippen molar-refractivity contribution in [2.45, 2.75) is 26.3 Å². The van der Waals surface area contributed by atoms with Crippen LogP contribution in [0, 0.1) is 17.2 Å². The molecule has 0 bridgehead atoms. The quantitative estimate of drug-likeness (QED) is 0.926. The fourth-order valence-corrected chi connectivity index (χ4v) is 3.24. The van der Waals surface area contributed by atoms with Crippen LogP contribution in [-0.2, 0) is 6.54 Å². The van der Waals surface area contributed by atoms with E-state index >= 15 is 0 Å². The normalized spacial score (nSPS) is 18.9. The van der Waals surface area contributed by atoms with E-state index in [9.17, 15) is 9.59 Å². The first-order chi connectivity index (χ1) is 11.1. The molecule has 6 nitrogen and oxygen atoms in total. The van der Waals surface area contributed by atoms with Crippen LogP contribution in [0.1, 0.15) is 25.3 Å². The van der Waals surface area contributed by atoms with Crippen molar-refractivity contribution >= 4 is 10.9 Å². The number of hydrogen-bond acceptors (Lipinski definition) is 4. The van der Waals surface area contributed by atoms with Crippen LogP contribution in [0.2, 0.25) is 0 Å². The number of H-pyrrole nitrogens is 1. The molecule has 1 unspecified atom stereocenters. The lowest BCUT2D eigenvalue weighted by molar-refractivity contribution is 0.177. The van der Waals surface area contributed by atoms with E-state index in [1.807, 2.05) is 6.07 Å². The molecular formula is C17H20N4O2. The van der Waals surface area contributed by atoms with Crippen LogP contribution in [-0.4, -0.2) is 34.1 Å². The maximum Gasteiger partial charge on any atom is 0.266 e. The van der Waals surface area contributed by atoms with E-state index in [0.717, 1.165) is 19.6 Å². The lowest BCUT2D eigenvalue weighted by Gasteiger charge is -2.30. The molecule has 0 saturated carbocycles. The van der Waals surface area contributed by atoms with Crippen molar-refractivity contribution in [3.05, 3.63) is 44.6 Å². The number of nitrogens with one attached hydrogen (secondary N) is 1. The molecule has 0 radical (unpaired) electrons. The summed E-state index contributed by atoms with van der Waals surface area (Å²) in [6, 6.07) is 4.93. The number of rotatable bonds is 3. The number of likely N-dealkylation sites (tertiary alicyclic amines) is 1. The highest BCUT2D eigenvalue weighted by atomic mass is 16.1. The molecule has 2 aromatic rings. The molecule has 0 aliphatic carbocycles. The topological polar surface area (TPSA) is 81.9 Å². The van der Waals surface area contributed by atoms with Gasteiger partial charge in [-0.3, -0.25) is 9.59 Å². The van der Waals surface area contributed by atoms with Gasteiger partial charge >= 0.3 is 0 Å². The smallest absolute Gasteiger partial charge is 0.266 e. The SMILES string of the molecule is CC1CCCN(CCn2ccc3[nH]c(=O)c(C#N)cc3c2=O)C1. The molecule has 3 heterocycles. The third-order valence-electron chi connectivity index (χ3n) is 4.50. The zero-order chi connectivity index (χ0) is 16.4. The Morgan fingerprint density at radius 1 is 1.39 bits per heavy atom. The predicted octanol–water partition coefficient (Wildman–Crippen LogP) is 1.29. The van der Waals surface area contributed by atoms with E-state index in [1.54, 1.807) is 16.8 Å².